The molecule has 0 atom stereocenters. The lowest BCUT2D eigenvalue weighted by molar-refractivity contribution is 0.431. The van der Waals surface area contributed by atoms with Gasteiger partial charge in [-0.1, -0.05) is 36.3 Å². The van der Waals surface area contributed by atoms with Gasteiger partial charge in [-0.05, 0) is 29.7 Å². The number of rotatable bonds is 3. The molecule has 5 rings (SSSR count). The lowest BCUT2D eigenvalue weighted by Crippen LogP contribution is -1.86. The fraction of sp³-hybridized carbons (Fsp3) is 0.100. The van der Waals surface area contributed by atoms with Crippen LogP contribution in [0.25, 0.3) is 44.8 Å². The van der Waals surface area contributed by atoms with E-state index in [4.69, 9.17) is 8.94 Å². The molecule has 0 aliphatic carbocycles. The summed E-state index contributed by atoms with van der Waals surface area (Å²) in [4.78, 5) is 13.4. The van der Waals surface area contributed by atoms with Crippen LogP contribution in [0.1, 0.15) is 12.8 Å². The molecule has 6 heteroatoms. The minimum atomic E-state index is 0.395. The molecule has 3 aromatic heterocycles. The van der Waals surface area contributed by atoms with Crippen LogP contribution in [0.15, 0.2) is 63.7 Å². The highest BCUT2D eigenvalue weighted by molar-refractivity contribution is 5.92. The van der Waals surface area contributed by atoms with E-state index in [0.717, 1.165) is 33.9 Å². The summed E-state index contributed by atoms with van der Waals surface area (Å²) in [5.74, 6) is 1.61. The highest BCUT2D eigenvalue weighted by atomic mass is 16.5. The van der Waals surface area contributed by atoms with Crippen molar-refractivity contribution in [1.29, 1.82) is 0 Å². The standard InChI is InChI=1S/C20H14N4O2/c1-2-17-22-15-11-13(7-8-16(15)25-17)19-23-20(26-24-19)18-14-6-4-3-5-12(14)9-10-21-18/h3-11H,2H2,1H3. The maximum atomic E-state index is 5.65. The maximum Gasteiger partial charge on any atom is 0.277 e. The van der Waals surface area contributed by atoms with Gasteiger partial charge in [0.2, 0.25) is 5.82 Å². The van der Waals surface area contributed by atoms with E-state index in [1.54, 1.807) is 6.20 Å². The first-order valence-corrected chi connectivity index (χ1v) is 8.39. The zero-order valence-electron chi connectivity index (χ0n) is 14.0. The second-order valence-electron chi connectivity index (χ2n) is 5.95. The molecule has 0 fully saturated rings. The first-order chi connectivity index (χ1) is 12.8. The van der Waals surface area contributed by atoms with E-state index >= 15 is 0 Å². The summed E-state index contributed by atoms with van der Waals surface area (Å²) < 4.78 is 11.1. The van der Waals surface area contributed by atoms with Crippen molar-refractivity contribution >= 4 is 21.9 Å². The van der Waals surface area contributed by atoms with Crippen molar-refractivity contribution in [3.63, 3.8) is 0 Å². The Hall–Kier alpha value is -3.54. The first-order valence-electron chi connectivity index (χ1n) is 8.39. The molecule has 0 spiro atoms. The number of nitrogens with zero attached hydrogens (tertiary/aromatic N) is 4. The van der Waals surface area contributed by atoms with Crippen LogP contribution >= 0.6 is 0 Å². The van der Waals surface area contributed by atoms with Crippen LogP contribution in [-0.4, -0.2) is 20.1 Å². The van der Waals surface area contributed by atoms with E-state index in [9.17, 15) is 0 Å². The zero-order chi connectivity index (χ0) is 17.5. The summed E-state index contributed by atoms with van der Waals surface area (Å²) in [6, 6.07) is 15.6. The van der Waals surface area contributed by atoms with Gasteiger partial charge in [-0.3, -0.25) is 4.98 Å². The quantitative estimate of drug-likeness (QED) is 0.475. The summed E-state index contributed by atoms with van der Waals surface area (Å²) in [6.45, 7) is 2.01. The van der Waals surface area contributed by atoms with Crippen LogP contribution in [0, 0.1) is 0 Å². The third-order valence-electron chi connectivity index (χ3n) is 4.29. The average molecular weight is 342 g/mol. The monoisotopic (exact) mass is 342 g/mol. The Labute approximate surface area is 148 Å². The van der Waals surface area contributed by atoms with Gasteiger partial charge in [0.1, 0.15) is 11.2 Å². The summed E-state index contributed by atoms with van der Waals surface area (Å²) in [5.41, 5.74) is 3.04. The van der Waals surface area contributed by atoms with Gasteiger partial charge in [-0.15, -0.1) is 0 Å². The van der Waals surface area contributed by atoms with Crippen molar-refractivity contribution in [1.82, 2.24) is 20.1 Å². The molecule has 0 aliphatic heterocycles. The van der Waals surface area contributed by atoms with Crippen molar-refractivity contribution in [3.05, 3.63) is 60.6 Å². The number of benzene rings is 2. The molecule has 126 valence electrons. The van der Waals surface area contributed by atoms with Gasteiger partial charge in [-0.2, -0.15) is 4.98 Å². The van der Waals surface area contributed by atoms with Crippen LogP contribution in [0.3, 0.4) is 0 Å². The molecule has 3 heterocycles. The molecule has 0 radical (unpaired) electrons. The highest BCUT2D eigenvalue weighted by Crippen LogP contribution is 2.28. The molecular formula is C20H14N4O2. The lowest BCUT2D eigenvalue weighted by Gasteiger charge is -2.00. The molecule has 26 heavy (non-hydrogen) atoms. The number of oxazole rings is 1. The number of aryl methyl sites for hydroxylation is 1. The SMILES string of the molecule is CCc1nc2cc(-c3noc(-c4nccc5ccccc45)n3)ccc2o1. The van der Waals surface area contributed by atoms with Crippen LogP contribution in [0.4, 0.5) is 0 Å². The normalized spacial score (nSPS) is 11.4. The van der Waals surface area contributed by atoms with Crippen molar-refractivity contribution in [2.24, 2.45) is 0 Å². The maximum absolute atomic E-state index is 5.65. The number of hydrogen-bond donors (Lipinski definition) is 0. The van der Waals surface area contributed by atoms with Crippen LogP contribution in [0.2, 0.25) is 0 Å². The second kappa shape index (κ2) is 5.77. The molecule has 0 saturated heterocycles. The average Bonchev–Trinajstić information content (AvgIpc) is 3.33. The minimum Gasteiger partial charge on any atom is -0.441 e. The summed E-state index contributed by atoms with van der Waals surface area (Å²) in [6.07, 6.45) is 2.50. The fourth-order valence-electron chi connectivity index (χ4n) is 2.99. The van der Waals surface area contributed by atoms with Gasteiger partial charge < -0.3 is 8.94 Å². The molecule has 0 unspecified atom stereocenters. The Balaban J connectivity index is 1.59. The number of aromatic nitrogens is 4. The van der Waals surface area contributed by atoms with Crippen molar-refractivity contribution in [3.8, 4) is 23.0 Å². The molecule has 0 saturated carbocycles. The Morgan fingerprint density at radius 2 is 1.92 bits per heavy atom. The van der Waals surface area contributed by atoms with Gasteiger partial charge in [0.05, 0.1) is 0 Å². The summed E-state index contributed by atoms with van der Waals surface area (Å²) >= 11 is 0. The van der Waals surface area contributed by atoms with E-state index in [2.05, 4.69) is 20.1 Å². The predicted octanol–water partition coefficient (Wildman–Crippen LogP) is 4.66. The Morgan fingerprint density at radius 3 is 2.85 bits per heavy atom. The number of fused-ring (bicyclic) bond motifs is 2. The third kappa shape index (κ3) is 2.35. The molecule has 0 bridgehead atoms. The van der Waals surface area contributed by atoms with Crippen molar-refractivity contribution < 1.29 is 8.94 Å². The van der Waals surface area contributed by atoms with E-state index in [0.29, 0.717) is 23.3 Å². The minimum absolute atomic E-state index is 0.395. The molecule has 0 amide bonds. The van der Waals surface area contributed by atoms with Gasteiger partial charge in [-0.25, -0.2) is 4.98 Å². The van der Waals surface area contributed by atoms with E-state index in [1.807, 2.05) is 55.5 Å². The smallest absolute Gasteiger partial charge is 0.277 e. The van der Waals surface area contributed by atoms with Crippen molar-refractivity contribution in [2.75, 3.05) is 0 Å². The van der Waals surface area contributed by atoms with E-state index in [1.165, 1.54) is 0 Å². The number of pyridine rings is 1. The summed E-state index contributed by atoms with van der Waals surface area (Å²) in [5, 5.41) is 6.17. The third-order valence-corrected chi connectivity index (χ3v) is 4.29. The molecule has 5 aromatic rings. The number of hydrogen-bond acceptors (Lipinski definition) is 6. The molecule has 0 aliphatic rings. The van der Waals surface area contributed by atoms with Crippen LogP contribution in [0.5, 0.6) is 0 Å². The topological polar surface area (TPSA) is 77.8 Å². The first kappa shape index (κ1) is 14.8. The highest BCUT2D eigenvalue weighted by Gasteiger charge is 2.15. The van der Waals surface area contributed by atoms with Crippen molar-refractivity contribution in [2.45, 2.75) is 13.3 Å². The second-order valence-corrected chi connectivity index (χ2v) is 5.95. The molecule has 0 N–H and O–H groups in total. The Morgan fingerprint density at radius 1 is 1.00 bits per heavy atom. The van der Waals surface area contributed by atoms with Crippen LogP contribution < -0.4 is 0 Å². The van der Waals surface area contributed by atoms with Gasteiger partial charge in [0, 0.05) is 23.6 Å². The van der Waals surface area contributed by atoms with Gasteiger partial charge >= 0.3 is 0 Å². The van der Waals surface area contributed by atoms with Crippen LogP contribution in [-0.2, 0) is 6.42 Å². The Kier molecular flexibility index (Phi) is 3.28. The molecule has 6 nitrogen and oxygen atoms in total. The van der Waals surface area contributed by atoms with Gasteiger partial charge in [0.25, 0.3) is 5.89 Å². The summed E-state index contributed by atoms with van der Waals surface area (Å²) in [7, 11) is 0. The van der Waals surface area contributed by atoms with E-state index < -0.39 is 0 Å². The predicted molar refractivity (Wildman–Crippen MR) is 97.4 cm³/mol. The Bertz CT molecular complexity index is 1230. The molecule has 2 aromatic carbocycles. The zero-order valence-corrected chi connectivity index (χ0v) is 14.0. The largest absolute Gasteiger partial charge is 0.441 e. The van der Waals surface area contributed by atoms with E-state index in [-0.39, 0.29) is 0 Å². The fourth-order valence-corrected chi connectivity index (χ4v) is 2.99. The van der Waals surface area contributed by atoms with Gasteiger partial charge in [0.15, 0.2) is 11.5 Å². The molecular weight excluding hydrogens is 328 g/mol. The lowest BCUT2D eigenvalue weighted by atomic mass is 10.1.